The molecule has 0 fully saturated rings. The maximum Gasteiger partial charge on any atom is 0.237 e. The van der Waals surface area contributed by atoms with Crippen molar-refractivity contribution in [3.05, 3.63) is 48.0 Å². The van der Waals surface area contributed by atoms with Crippen molar-refractivity contribution in [2.75, 3.05) is 18.5 Å². The summed E-state index contributed by atoms with van der Waals surface area (Å²) in [6.07, 6.45) is 0. The molecule has 5 heteroatoms. The summed E-state index contributed by atoms with van der Waals surface area (Å²) >= 11 is 1.50. The lowest BCUT2D eigenvalue weighted by Gasteiger charge is -2.19. The van der Waals surface area contributed by atoms with Crippen LogP contribution in [0.15, 0.2) is 47.4 Å². The van der Waals surface area contributed by atoms with Crippen LogP contribution < -0.4 is 14.8 Å². The molecular weight excluding hydrogens is 310 g/mol. The van der Waals surface area contributed by atoms with Gasteiger partial charge in [-0.15, -0.1) is 11.8 Å². The van der Waals surface area contributed by atoms with Crippen molar-refractivity contribution in [3.8, 4) is 11.5 Å². The lowest BCUT2D eigenvalue weighted by molar-refractivity contribution is -0.115. The van der Waals surface area contributed by atoms with Crippen LogP contribution in [-0.2, 0) is 4.79 Å². The van der Waals surface area contributed by atoms with E-state index >= 15 is 0 Å². The predicted molar refractivity (Wildman–Crippen MR) is 92.6 cm³/mol. The minimum Gasteiger partial charge on any atom is -0.486 e. The first-order valence-corrected chi connectivity index (χ1v) is 8.43. The van der Waals surface area contributed by atoms with Crippen LogP contribution in [0, 0.1) is 6.92 Å². The smallest absolute Gasteiger partial charge is 0.237 e. The average Bonchev–Trinajstić information content (AvgIpc) is 2.56. The molecule has 3 rings (SSSR count). The number of fused-ring (bicyclic) bond motifs is 1. The molecule has 0 unspecified atom stereocenters. The largest absolute Gasteiger partial charge is 0.486 e. The van der Waals surface area contributed by atoms with Crippen LogP contribution in [0.3, 0.4) is 0 Å². The first-order chi connectivity index (χ1) is 11.1. The summed E-state index contributed by atoms with van der Waals surface area (Å²) in [5.74, 6) is 1.48. The number of carbonyl (C=O) groups excluding carboxylic acids is 1. The van der Waals surface area contributed by atoms with Gasteiger partial charge in [0.25, 0.3) is 0 Å². The van der Waals surface area contributed by atoms with Crippen LogP contribution in [0.2, 0.25) is 0 Å². The van der Waals surface area contributed by atoms with E-state index in [1.165, 1.54) is 17.3 Å². The number of hydrogen-bond donors (Lipinski definition) is 1. The number of hydrogen-bond acceptors (Lipinski definition) is 4. The van der Waals surface area contributed by atoms with Crippen LogP contribution in [0.1, 0.15) is 12.5 Å². The molecule has 4 nitrogen and oxygen atoms in total. The number of anilines is 1. The fourth-order valence-electron chi connectivity index (χ4n) is 2.24. The number of amides is 1. The summed E-state index contributed by atoms with van der Waals surface area (Å²) < 4.78 is 11.1. The molecule has 2 aromatic rings. The Hall–Kier alpha value is -2.14. The first kappa shape index (κ1) is 15.7. The van der Waals surface area contributed by atoms with E-state index in [1.807, 2.05) is 56.3 Å². The highest BCUT2D eigenvalue weighted by molar-refractivity contribution is 8.00. The Balaban J connectivity index is 1.62. The van der Waals surface area contributed by atoms with Crippen LogP contribution in [0.5, 0.6) is 11.5 Å². The Morgan fingerprint density at radius 3 is 2.52 bits per heavy atom. The molecule has 2 aromatic carbocycles. The molecule has 23 heavy (non-hydrogen) atoms. The van der Waals surface area contributed by atoms with Gasteiger partial charge in [-0.2, -0.15) is 0 Å². The summed E-state index contributed by atoms with van der Waals surface area (Å²) in [6, 6.07) is 13.6. The van der Waals surface area contributed by atoms with Crippen LogP contribution in [0.4, 0.5) is 5.69 Å². The first-order valence-electron chi connectivity index (χ1n) is 7.55. The molecule has 1 aliphatic rings. The molecule has 0 spiro atoms. The SMILES string of the molecule is Cc1ccc(NC(=O)[C@H](C)Sc2ccc3c(c2)OCCO3)cc1. The Bertz CT molecular complexity index is 700. The van der Waals surface area contributed by atoms with E-state index in [0.717, 1.165) is 22.1 Å². The van der Waals surface area contributed by atoms with Gasteiger partial charge < -0.3 is 14.8 Å². The second kappa shape index (κ2) is 6.96. The third-order valence-electron chi connectivity index (χ3n) is 3.51. The number of carbonyl (C=O) groups is 1. The zero-order chi connectivity index (χ0) is 16.2. The molecule has 0 aromatic heterocycles. The number of thioether (sulfide) groups is 1. The number of rotatable bonds is 4. The Morgan fingerprint density at radius 1 is 1.09 bits per heavy atom. The van der Waals surface area contributed by atoms with Gasteiger partial charge in [-0.1, -0.05) is 17.7 Å². The maximum absolute atomic E-state index is 12.3. The maximum atomic E-state index is 12.3. The van der Waals surface area contributed by atoms with Gasteiger partial charge in [0.15, 0.2) is 11.5 Å². The van der Waals surface area contributed by atoms with Gasteiger partial charge in [0.05, 0.1) is 5.25 Å². The topological polar surface area (TPSA) is 47.6 Å². The predicted octanol–water partition coefficient (Wildman–Crippen LogP) is 3.89. The number of benzene rings is 2. The van der Waals surface area contributed by atoms with E-state index in [2.05, 4.69) is 5.32 Å². The molecule has 0 aliphatic carbocycles. The van der Waals surface area contributed by atoms with Crippen molar-refractivity contribution in [1.29, 1.82) is 0 Å². The standard InChI is InChI=1S/C18H19NO3S/c1-12-3-5-14(6-4-12)19-18(20)13(2)23-15-7-8-16-17(11-15)22-10-9-21-16/h3-8,11,13H,9-10H2,1-2H3,(H,19,20)/t13-/m0/s1. The zero-order valence-electron chi connectivity index (χ0n) is 13.2. The molecule has 120 valence electrons. The van der Waals surface area contributed by atoms with Crippen LogP contribution >= 0.6 is 11.8 Å². The van der Waals surface area contributed by atoms with E-state index in [-0.39, 0.29) is 11.2 Å². The number of ether oxygens (including phenoxy) is 2. The summed E-state index contributed by atoms with van der Waals surface area (Å²) in [4.78, 5) is 13.3. The third-order valence-corrected chi connectivity index (χ3v) is 4.61. The highest BCUT2D eigenvalue weighted by Crippen LogP contribution is 2.35. The molecule has 1 aliphatic heterocycles. The highest BCUT2D eigenvalue weighted by Gasteiger charge is 2.17. The van der Waals surface area contributed by atoms with Crippen molar-refractivity contribution in [3.63, 3.8) is 0 Å². The lowest BCUT2D eigenvalue weighted by atomic mass is 10.2. The molecule has 0 bridgehead atoms. The van der Waals surface area contributed by atoms with E-state index in [9.17, 15) is 4.79 Å². The Morgan fingerprint density at radius 2 is 1.78 bits per heavy atom. The zero-order valence-corrected chi connectivity index (χ0v) is 14.0. The molecule has 0 saturated carbocycles. The molecule has 1 amide bonds. The summed E-state index contributed by atoms with van der Waals surface area (Å²) in [5, 5.41) is 2.73. The normalized spacial score (nSPS) is 14.2. The lowest BCUT2D eigenvalue weighted by Crippen LogP contribution is -2.22. The van der Waals surface area contributed by atoms with Gasteiger partial charge in [-0.05, 0) is 44.2 Å². The highest BCUT2D eigenvalue weighted by atomic mass is 32.2. The second-order valence-electron chi connectivity index (χ2n) is 5.42. The fraction of sp³-hybridized carbons (Fsp3) is 0.278. The Kier molecular flexibility index (Phi) is 4.76. The van der Waals surface area contributed by atoms with Crippen molar-refractivity contribution < 1.29 is 14.3 Å². The third kappa shape index (κ3) is 3.99. The average molecular weight is 329 g/mol. The van der Waals surface area contributed by atoms with Crippen molar-refractivity contribution in [2.24, 2.45) is 0 Å². The molecule has 1 heterocycles. The minimum atomic E-state index is -0.209. The van der Waals surface area contributed by atoms with E-state index in [0.29, 0.717) is 13.2 Å². The van der Waals surface area contributed by atoms with E-state index < -0.39 is 0 Å². The second-order valence-corrected chi connectivity index (χ2v) is 6.84. The molecular formula is C18H19NO3S. The van der Waals surface area contributed by atoms with Gasteiger partial charge in [-0.3, -0.25) is 4.79 Å². The molecule has 0 saturated heterocycles. The van der Waals surface area contributed by atoms with Gasteiger partial charge in [0, 0.05) is 10.6 Å². The molecule has 0 radical (unpaired) electrons. The summed E-state index contributed by atoms with van der Waals surface area (Å²) in [7, 11) is 0. The van der Waals surface area contributed by atoms with Crippen LogP contribution in [0.25, 0.3) is 0 Å². The molecule has 1 atom stereocenters. The van der Waals surface area contributed by atoms with Gasteiger partial charge in [0.2, 0.25) is 5.91 Å². The number of aryl methyl sites for hydroxylation is 1. The van der Waals surface area contributed by atoms with E-state index in [4.69, 9.17) is 9.47 Å². The van der Waals surface area contributed by atoms with Gasteiger partial charge in [-0.25, -0.2) is 0 Å². The van der Waals surface area contributed by atoms with Gasteiger partial charge >= 0.3 is 0 Å². The molecule has 1 N–H and O–H groups in total. The summed E-state index contributed by atoms with van der Waals surface area (Å²) in [5.41, 5.74) is 1.98. The van der Waals surface area contributed by atoms with Crippen molar-refractivity contribution >= 4 is 23.4 Å². The van der Waals surface area contributed by atoms with Crippen LogP contribution in [-0.4, -0.2) is 24.4 Å². The number of nitrogens with one attached hydrogen (secondary N) is 1. The summed E-state index contributed by atoms with van der Waals surface area (Å²) in [6.45, 7) is 5.05. The van der Waals surface area contributed by atoms with Gasteiger partial charge in [0.1, 0.15) is 13.2 Å². The fourth-order valence-corrected chi connectivity index (χ4v) is 3.13. The van der Waals surface area contributed by atoms with Crippen molar-refractivity contribution in [2.45, 2.75) is 24.0 Å². The quantitative estimate of drug-likeness (QED) is 0.865. The van der Waals surface area contributed by atoms with Crippen molar-refractivity contribution in [1.82, 2.24) is 0 Å². The monoisotopic (exact) mass is 329 g/mol. The minimum absolute atomic E-state index is 0.0197. The van der Waals surface area contributed by atoms with E-state index in [1.54, 1.807) is 0 Å². The Labute approximate surface area is 140 Å².